The van der Waals surface area contributed by atoms with Crippen LogP contribution in [0.3, 0.4) is 0 Å². The lowest BCUT2D eigenvalue weighted by atomic mass is 10.1. The first kappa shape index (κ1) is 13.9. The van der Waals surface area contributed by atoms with Gasteiger partial charge in [0.05, 0.1) is 5.69 Å². The molecule has 8 heteroatoms. The third-order valence-electron chi connectivity index (χ3n) is 2.51. The molecule has 0 saturated heterocycles. The number of nitrogens with zero attached hydrogens (tertiary/aromatic N) is 2. The molecule has 2 nitrogen and oxygen atoms in total. The van der Waals surface area contributed by atoms with E-state index in [1.54, 1.807) is 7.05 Å². The van der Waals surface area contributed by atoms with E-state index in [1.165, 1.54) is 29.9 Å². The first-order chi connectivity index (χ1) is 8.35. The molecule has 0 bridgehead atoms. The highest BCUT2D eigenvalue weighted by Gasteiger charge is 2.65. The van der Waals surface area contributed by atoms with Crippen LogP contribution in [0.25, 0.3) is 11.3 Å². The van der Waals surface area contributed by atoms with Gasteiger partial charge >= 0.3 is 10.2 Å². The van der Waals surface area contributed by atoms with Crippen LogP contribution in [0, 0.1) is 6.92 Å². The van der Waals surface area contributed by atoms with Crippen LogP contribution in [0.2, 0.25) is 0 Å². The SMILES string of the molecule is Cc1cc(-c2ccn(C)n2)cc(S(F)(F)(F)(F)F)c1. The van der Waals surface area contributed by atoms with Crippen molar-refractivity contribution in [1.29, 1.82) is 0 Å². The van der Waals surface area contributed by atoms with Crippen LogP contribution in [0.15, 0.2) is 35.4 Å². The van der Waals surface area contributed by atoms with E-state index in [1.807, 2.05) is 0 Å². The maximum atomic E-state index is 12.8. The Morgan fingerprint density at radius 1 is 1.05 bits per heavy atom. The average molecular weight is 298 g/mol. The van der Waals surface area contributed by atoms with Crippen molar-refractivity contribution < 1.29 is 19.4 Å². The average Bonchev–Trinajstić information content (AvgIpc) is 2.60. The zero-order chi connectivity index (χ0) is 14.5. The van der Waals surface area contributed by atoms with E-state index in [0.717, 1.165) is 0 Å². The van der Waals surface area contributed by atoms with Gasteiger partial charge in [0, 0.05) is 18.8 Å². The fraction of sp³-hybridized carbons (Fsp3) is 0.182. The number of hydrogen-bond acceptors (Lipinski definition) is 1. The monoisotopic (exact) mass is 298 g/mol. The van der Waals surface area contributed by atoms with E-state index in [9.17, 15) is 19.4 Å². The molecule has 0 aliphatic carbocycles. The fourth-order valence-corrected chi connectivity index (χ4v) is 2.45. The van der Waals surface area contributed by atoms with E-state index in [4.69, 9.17) is 0 Å². The largest absolute Gasteiger partial charge is 0.310 e. The molecular weight excluding hydrogens is 287 g/mol. The van der Waals surface area contributed by atoms with Crippen molar-refractivity contribution in [2.24, 2.45) is 7.05 Å². The maximum absolute atomic E-state index is 12.8. The first-order valence-corrected chi connectivity index (χ1v) is 7.16. The van der Waals surface area contributed by atoms with Gasteiger partial charge in [0.2, 0.25) is 0 Å². The van der Waals surface area contributed by atoms with E-state index < -0.39 is 15.1 Å². The van der Waals surface area contributed by atoms with Gasteiger partial charge in [0.15, 0.2) is 0 Å². The van der Waals surface area contributed by atoms with Crippen LogP contribution >= 0.6 is 10.2 Å². The molecule has 0 saturated carbocycles. The van der Waals surface area contributed by atoms with Gasteiger partial charge in [0.1, 0.15) is 4.90 Å². The molecule has 0 amide bonds. The van der Waals surface area contributed by atoms with Crippen molar-refractivity contribution in [3.63, 3.8) is 0 Å². The Hall–Kier alpha value is -1.57. The predicted molar refractivity (Wildman–Crippen MR) is 64.8 cm³/mol. The van der Waals surface area contributed by atoms with Crippen LogP contribution in [0.1, 0.15) is 5.56 Å². The molecular formula is C11H11F5N2S. The van der Waals surface area contributed by atoms with Crippen LogP contribution in [-0.2, 0) is 7.05 Å². The van der Waals surface area contributed by atoms with E-state index in [0.29, 0.717) is 12.1 Å². The first-order valence-electron chi connectivity index (χ1n) is 5.21. The molecule has 19 heavy (non-hydrogen) atoms. The summed E-state index contributed by atoms with van der Waals surface area (Å²) in [7, 11) is -8.08. The zero-order valence-electron chi connectivity index (χ0n) is 10.1. The predicted octanol–water partition coefficient (Wildman–Crippen LogP) is 5.05. The Morgan fingerprint density at radius 3 is 2.16 bits per heavy atom. The fourth-order valence-electron chi connectivity index (χ4n) is 1.69. The third-order valence-corrected chi connectivity index (χ3v) is 3.63. The highest BCUT2D eigenvalue weighted by atomic mass is 32.5. The maximum Gasteiger partial charge on any atom is 0.310 e. The quantitative estimate of drug-likeness (QED) is 0.709. The van der Waals surface area contributed by atoms with Crippen molar-refractivity contribution in [3.8, 4) is 11.3 Å². The minimum Gasteiger partial charge on any atom is -0.275 e. The summed E-state index contributed by atoms with van der Waals surface area (Å²) in [5.74, 6) is 0. The smallest absolute Gasteiger partial charge is 0.275 e. The molecule has 0 radical (unpaired) electrons. The van der Waals surface area contributed by atoms with Crippen molar-refractivity contribution in [3.05, 3.63) is 36.0 Å². The minimum atomic E-state index is -9.67. The van der Waals surface area contributed by atoms with Gasteiger partial charge in [-0.2, -0.15) is 5.10 Å². The molecule has 0 atom stereocenters. The Labute approximate surface area is 106 Å². The minimum absolute atomic E-state index is 0.0175. The normalized spacial score (nSPS) is 15.9. The molecule has 2 rings (SSSR count). The molecule has 0 aliphatic rings. The van der Waals surface area contributed by atoms with Gasteiger partial charge in [-0.25, -0.2) is 0 Å². The Balaban J connectivity index is 2.66. The summed E-state index contributed by atoms with van der Waals surface area (Å²) in [6.07, 6.45) is 1.52. The molecule has 2 aromatic rings. The Bertz CT molecular complexity index is 645. The van der Waals surface area contributed by atoms with Gasteiger partial charge in [-0.05, 0) is 36.8 Å². The van der Waals surface area contributed by atoms with Gasteiger partial charge in [-0.1, -0.05) is 19.4 Å². The Kier molecular flexibility index (Phi) is 2.41. The summed E-state index contributed by atoms with van der Waals surface area (Å²) in [5, 5.41) is 3.91. The number of rotatable bonds is 2. The van der Waals surface area contributed by atoms with Crippen molar-refractivity contribution >= 4 is 10.2 Å². The van der Waals surface area contributed by atoms with Crippen LogP contribution < -0.4 is 0 Å². The van der Waals surface area contributed by atoms with Crippen molar-refractivity contribution in [2.45, 2.75) is 11.8 Å². The summed E-state index contributed by atoms with van der Waals surface area (Å²) < 4.78 is 65.4. The molecule has 1 aromatic carbocycles. The molecule has 0 fully saturated rings. The summed E-state index contributed by atoms with van der Waals surface area (Å²) in [4.78, 5) is -1.89. The second-order valence-corrected chi connectivity index (χ2v) is 6.79. The highest BCUT2D eigenvalue weighted by molar-refractivity contribution is 8.45. The molecule has 106 valence electrons. The number of hydrogen-bond donors (Lipinski definition) is 0. The van der Waals surface area contributed by atoms with Crippen molar-refractivity contribution in [1.82, 2.24) is 9.78 Å². The standard InChI is InChI=1S/C11H11F5N2S/c1-8-5-9(11-3-4-18(2)17-11)7-10(6-8)19(12,13,14,15)16/h3-7H,1-2H3. The van der Waals surface area contributed by atoms with Gasteiger partial charge in [-0.15, -0.1) is 0 Å². The van der Waals surface area contributed by atoms with Gasteiger partial charge in [0.25, 0.3) is 0 Å². The van der Waals surface area contributed by atoms with Gasteiger partial charge < -0.3 is 0 Å². The van der Waals surface area contributed by atoms with E-state index in [2.05, 4.69) is 5.10 Å². The molecule has 0 aliphatic heterocycles. The molecule has 0 unspecified atom stereocenters. The molecule has 0 N–H and O–H groups in total. The number of halogens is 5. The third kappa shape index (κ3) is 3.06. The summed E-state index contributed by atoms with van der Waals surface area (Å²) in [6, 6.07) is 3.74. The second-order valence-electron chi connectivity index (χ2n) is 4.38. The lowest BCUT2D eigenvalue weighted by Gasteiger charge is -2.40. The molecule has 1 heterocycles. The number of benzene rings is 1. The molecule has 1 aromatic heterocycles. The highest BCUT2D eigenvalue weighted by Crippen LogP contribution is 3.02. The summed E-state index contributed by atoms with van der Waals surface area (Å²) in [5.41, 5.74) is 0.338. The Morgan fingerprint density at radius 2 is 1.68 bits per heavy atom. The topological polar surface area (TPSA) is 17.8 Å². The molecule has 0 spiro atoms. The van der Waals surface area contributed by atoms with Crippen LogP contribution in [0.5, 0.6) is 0 Å². The van der Waals surface area contributed by atoms with E-state index in [-0.39, 0.29) is 16.8 Å². The number of aromatic nitrogens is 2. The summed E-state index contributed by atoms with van der Waals surface area (Å²) >= 11 is 0. The zero-order valence-corrected chi connectivity index (χ0v) is 10.9. The lowest BCUT2D eigenvalue weighted by molar-refractivity contribution is 0.364. The van der Waals surface area contributed by atoms with E-state index >= 15 is 0 Å². The van der Waals surface area contributed by atoms with Crippen LogP contribution in [0.4, 0.5) is 19.4 Å². The van der Waals surface area contributed by atoms with Crippen LogP contribution in [-0.4, -0.2) is 9.78 Å². The van der Waals surface area contributed by atoms with Crippen molar-refractivity contribution in [2.75, 3.05) is 0 Å². The van der Waals surface area contributed by atoms with Gasteiger partial charge in [-0.3, -0.25) is 4.68 Å². The second kappa shape index (κ2) is 3.30. The summed E-state index contributed by atoms with van der Waals surface area (Å²) in [6.45, 7) is 1.33. The lowest BCUT2D eigenvalue weighted by Crippen LogP contribution is -2.06. The number of aryl methyl sites for hydroxylation is 2.